The van der Waals surface area contributed by atoms with E-state index in [1.165, 1.54) is 10.5 Å². The third-order valence-corrected chi connectivity index (χ3v) is 5.74. The van der Waals surface area contributed by atoms with E-state index in [4.69, 9.17) is 9.47 Å². The molecule has 3 rings (SSSR count). The number of carbonyl (C=O) groups excluding carboxylic acids is 1. The van der Waals surface area contributed by atoms with Crippen molar-refractivity contribution < 1.29 is 14.3 Å². The second kappa shape index (κ2) is 8.71. The zero-order valence-corrected chi connectivity index (χ0v) is 16.1. The standard InChI is InChI=1S/C21H25NO3S/c1-3-20(23)22-17-7-9-18(10-8-17)26-19-6-4-5-16(15-19)21(24-2)11-13-25-14-12-21/h4-10,15H,3,11-14H2,1-2H3,(H,22,23). The Morgan fingerprint density at radius 1 is 1.15 bits per heavy atom. The van der Waals surface area contributed by atoms with Crippen LogP contribution < -0.4 is 5.32 Å². The van der Waals surface area contributed by atoms with Gasteiger partial charge in [-0.05, 0) is 42.0 Å². The first-order valence-corrected chi connectivity index (χ1v) is 9.78. The Bertz CT molecular complexity index is 739. The first-order chi connectivity index (χ1) is 12.6. The van der Waals surface area contributed by atoms with E-state index in [9.17, 15) is 4.79 Å². The van der Waals surface area contributed by atoms with Crippen LogP contribution in [0.3, 0.4) is 0 Å². The van der Waals surface area contributed by atoms with Gasteiger partial charge in [-0.25, -0.2) is 0 Å². The molecular formula is C21H25NO3S. The summed E-state index contributed by atoms with van der Waals surface area (Å²) in [5, 5.41) is 2.87. The lowest BCUT2D eigenvalue weighted by atomic mass is 9.86. The van der Waals surface area contributed by atoms with Gasteiger partial charge in [0.2, 0.25) is 5.91 Å². The normalized spacial score (nSPS) is 16.2. The number of hydrogen-bond acceptors (Lipinski definition) is 4. The predicted octanol–water partition coefficient (Wildman–Crippen LogP) is 4.84. The SMILES string of the molecule is CCC(=O)Nc1ccc(Sc2cccc(C3(OC)CCOCC3)c2)cc1. The number of benzene rings is 2. The second-order valence-electron chi connectivity index (χ2n) is 6.37. The molecule has 0 spiro atoms. The second-order valence-corrected chi connectivity index (χ2v) is 7.51. The van der Waals surface area contributed by atoms with Gasteiger partial charge in [-0.1, -0.05) is 30.8 Å². The van der Waals surface area contributed by atoms with Gasteiger partial charge in [0.1, 0.15) is 0 Å². The summed E-state index contributed by atoms with van der Waals surface area (Å²) in [7, 11) is 1.79. The molecule has 0 aliphatic carbocycles. The van der Waals surface area contributed by atoms with Crippen molar-refractivity contribution in [1.82, 2.24) is 0 Å². The van der Waals surface area contributed by atoms with Gasteiger partial charge in [0.25, 0.3) is 0 Å². The van der Waals surface area contributed by atoms with Gasteiger partial charge in [0.15, 0.2) is 0 Å². The van der Waals surface area contributed by atoms with Gasteiger partial charge >= 0.3 is 0 Å². The van der Waals surface area contributed by atoms with Crippen molar-refractivity contribution in [2.24, 2.45) is 0 Å². The van der Waals surface area contributed by atoms with Gasteiger partial charge in [-0.3, -0.25) is 4.79 Å². The van der Waals surface area contributed by atoms with E-state index < -0.39 is 0 Å². The molecule has 1 N–H and O–H groups in total. The Morgan fingerprint density at radius 2 is 1.88 bits per heavy atom. The smallest absolute Gasteiger partial charge is 0.224 e. The third kappa shape index (κ3) is 4.47. The van der Waals surface area contributed by atoms with Crippen molar-refractivity contribution in [1.29, 1.82) is 0 Å². The van der Waals surface area contributed by atoms with Gasteiger partial charge in [-0.2, -0.15) is 0 Å². The van der Waals surface area contributed by atoms with Crippen LogP contribution in [-0.4, -0.2) is 26.2 Å². The van der Waals surface area contributed by atoms with Gasteiger partial charge in [-0.15, -0.1) is 0 Å². The first-order valence-electron chi connectivity index (χ1n) is 8.96. The van der Waals surface area contributed by atoms with Crippen molar-refractivity contribution in [3.05, 3.63) is 54.1 Å². The minimum absolute atomic E-state index is 0.0272. The van der Waals surface area contributed by atoms with Gasteiger partial charge in [0.05, 0.1) is 5.60 Å². The minimum atomic E-state index is -0.247. The number of amides is 1. The van der Waals surface area contributed by atoms with E-state index in [2.05, 4.69) is 29.6 Å². The van der Waals surface area contributed by atoms with Gasteiger partial charge < -0.3 is 14.8 Å². The number of hydrogen-bond donors (Lipinski definition) is 1. The summed E-state index contributed by atoms with van der Waals surface area (Å²) in [6.45, 7) is 3.31. The largest absolute Gasteiger partial charge is 0.381 e. The number of rotatable bonds is 6. The maximum atomic E-state index is 11.5. The molecule has 1 saturated heterocycles. The fraction of sp³-hybridized carbons (Fsp3) is 0.381. The molecule has 0 radical (unpaired) electrons. The van der Waals surface area contributed by atoms with Gasteiger partial charge in [0, 0.05) is 55.1 Å². The first kappa shape index (κ1) is 19.0. The molecular weight excluding hydrogens is 346 g/mol. The lowest BCUT2D eigenvalue weighted by molar-refractivity contribution is -0.115. The fourth-order valence-electron chi connectivity index (χ4n) is 3.15. The number of carbonyl (C=O) groups is 1. The Kier molecular flexibility index (Phi) is 6.35. The van der Waals surface area contributed by atoms with Crippen molar-refractivity contribution in [3.63, 3.8) is 0 Å². The Hall–Kier alpha value is -1.82. The Morgan fingerprint density at radius 3 is 2.54 bits per heavy atom. The molecule has 2 aromatic rings. The summed E-state index contributed by atoms with van der Waals surface area (Å²) in [4.78, 5) is 13.8. The lowest BCUT2D eigenvalue weighted by Gasteiger charge is -2.36. The molecule has 0 atom stereocenters. The van der Waals surface area contributed by atoms with Crippen molar-refractivity contribution in [2.45, 2.75) is 41.6 Å². The van der Waals surface area contributed by atoms with Crippen LogP contribution in [0.5, 0.6) is 0 Å². The molecule has 138 valence electrons. The number of methoxy groups -OCH3 is 1. The molecule has 0 aromatic heterocycles. The predicted molar refractivity (Wildman–Crippen MR) is 105 cm³/mol. The maximum Gasteiger partial charge on any atom is 0.224 e. The topological polar surface area (TPSA) is 47.6 Å². The summed E-state index contributed by atoms with van der Waals surface area (Å²) >= 11 is 1.71. The maximum absolute atomic E-state index is 11.5. The molecule has 2 aromatic carbocycles. The highest BCUT2D eigenvalue weighted by Crippen LogP contribution is 2.38. The molecule has 4 nitrogen and oxygen atoms in total. The average molecular weight is 372 g/mol. The van der Waals surface area contributed by atoms with Crippen LogP contribution >= 0.6 is 11.8 Å². The molecule has 1 fully saturated rings. The number of anilines is 1. The highest BCUT2D eigenvalue weighted by molar-refractivity contribution is 7.99. The Balaban J connectivity index is 1.73. The molecule has 0 unspecified atom stereocenters. The van der Waals surface area contributed by atoms with Crippen LogP contribution in [0.25, 0.3) is 0 Å². The van der Waals surface area contributed by atoms with Crippen molar-refractivity contribution >= 4 is 23.4 Å². The van der Waals surface area contributed by atoms with Crippen LogP contribution in [0.15, 0.2) is 58.3 Å². The van der Waals surface area contributed by atoms with E-state index in [-0.39, 0.29) is 11.5 Å². The van der Waals surface area contributed by atoms with Crippen LogP contribution in [-0.2, 0) is 19.9 Å². The van der Waals surface area contributed by atoms with Crippen molar-refractivity contribution in [3.8, 4) is 0 Å². The highest BCUT2D eigenvalue weighted by Gasteiger charge is 2.34. The summed E-state index contributed by atoms with van der Waals surface area (Å²) in [6.07, 6.45) is 2.24. The summed E-state index contributed by atoms with van der Waals surface area (Å²) in [5.41, 5.74) is 1.79. The molecule has 5 heteroatoms. The molecule has 0 bridgehead atoms. The lowest BCUT2D eigenvalue weighted by Crippen LogP contribution is -2.35. The average Bonchev–Trinajstić information content (AvgIpc) is 2.70. The van der Waals surface area contributed by atoms with Crippen LogP contribution in [0.1, 0.15) is 31.7 Å². The zero-order chi connectivity index (χ0) is 18.4. The van der Waals surface area contributed by atoms with Crippen LogP contribution in [0.4, 0.5) is 5.69 Å². The molecule has 0 saturated carbocycles. The highest BCUT2D eigenvalue weighted by atomic mass is 32.2. The quantitative estimate of drug-likeness (QED) is 0.789. The van der Waals surface area contributed by atoms with E-state index in [0.29, 0.717) is 6.42 Å². The van der Waals surface area contributed by atoms with Crippen LogP contribution in [0.2, 0.25) is 0 Å². The summed E-state index contributed by atoms with van der Waals surface area (Å²) < 4.78 is 11.4. The monoisotopic (exact) mass is 371 g/mol. The summed E-state index contributed by atoms with van der Waals surface area (Å²) in [6, 6.07) is 16.5. The van der Waals surface area contributed by atoms with E-state index in [1.54, 1.807) is 18.9 Å². The van der Waals surface area contributed by atoms with E-state index in [0.717, 1.165) is 36.6 Å². The van der Waals surface area contributed by atoms with E-state index in [1.807, 2.05) is 31.2 Å². The zero-order valence-electron chi connectivity index (χ0n) is 15.3. The molecule has 1 aliphatic rings. The number of nitrogens with one attached hydrogen (secondary N) is 1. The summed E-state index contributed by atoms with van der Waals surface area (Å²) in [5.74, 6) is 0.0272. The fourth-order valence-corrected chi connectivity index (χ4v) is 4.02. The van der Waals surface area contributed by atoms with Crippen molar-refractivity contribution in [2.75, 3.05) is 25.6 Å². The number of ether oxygens (including phenoxy) is 2. The molecule has 1 aliphatic heterocycles. The van der Waals surface area contributed by atoms with Crippen LogP contribution in [0, 0.1) is 0 Å². The van der Waals surface area contributed by atoms with E-state index >= 15 is 0 Å². The molecule has 26 heavy (non-hydrogen) atoms. The molecule has 1 heterocycles. The molecule has 1 amide bonds. The Labute approximate surface area is 159 Å². The third-order valence-electron chi connectivity index (χ3n) is 4.75. The minimum Gasteiger partial charge on any atom is -0.381 e.